The third-order valence-electron chi connectivity index (χ3n) is 6.32. The van der Waals surface area contributed by atoms with Crippen molar-refractivity contribution in [2.45, 2.75) is 61.2 Å². The number of carbonyl (C=O) groups excluding carboxylic acids is 2. The van der Waals surface area contributed by atoms with Gasteiger partial charge in [-0.05, 0) is 38.2 Å². The number of carbonyl (C=O) groups is 3. The summed E-state index contributed by atoms with van der Waals surface area (Å²) in [5.74, 6) is -0.0253. The van der Waals surface area contributed by atoms with Crippen molar-refractivity contribution < 1.29 is 34.2 Å². The fourth-order valence-corrected chi connectivity index (χ4v) is 7.71. The summed E-state index contributed by atoms with van der Waals surface area (Å²) in [6.45, 7) is 2.00. The topological polar surface area (TPSA) is 148 Å². The van der Waals surface area contributed by atoms with Gasteiger partial charge in [0.1, 0.15) is 12.1 Å². The van der Waals surface area contributed by atoms with Crippen LogP contribution in [0.25, 0.3) is 0 Å². The summed E-state index contributed by atoms with van der Waals surface area (Å²) < 4.78 is 5.13. The zero-order valence-corrected chi connectivity index (χ0v) is 22.3. The first-order chi connectivity index (χ1) is 17.7. The number of aryl methyl sites for hydroxylation is 1. The van der Waals surface area contributed by atoms with Crippen LogP contribution in [0.1, 0.15) is 38.2 Å². The van der Waals surface area contributed by atoms with Crippen molar-refractivity contribution in [3.05, 3.63) is 46.0 Å². The molecule has 0 radical (unpaired) electrons. The van der Waals surface area contributed by atoms with E-state index in [1.54, 1.807) is 30.4 Å². The number of nitrogens with one attached hydrogen (secondary N) is 1. The molecule has 0 saturated carbocycles. The van der Waals surface area contributed by atoms with Gasteiger partial charge in [-0.2, -0.15) is 0 Å². The highest BCUT2D eigenvalue weighted by molar-refractivity contribution is 8.21. The molecule has 204 valence electrons. The number of esters is 1. The molecule has 3 atom stereocenters. The lowest BCUT2D eigenvalue weighted by Gasteiger charge is -2.28. The van der Waals surface area contributed by atoms with E-state index in [2.05, 4.69) is 10.2 Å². The Balaban J connectivity index is 1.59. The second-order valence-electron chi connectivity index (χ2n) is 9.03. The molecule has 1 amide bonds. The van der Waals surface area contributed by atoms with Gasteiger partial charge in [-0.1, -0.05) is 30.3 Å². The van der Waals surface area contributed by atoms with E-state index in [1.165, 1.54) is 4.90 Å². The standard InChI is InChI=1S/C24H33N3O8S2/c1-17(25-19(22(29)30)10-9-18-7-3-2-4-8-18)21(28)26-16-24(36-13-14-37-24)15-20(26)23(31)34-11-5-6-12-35-27(32)33/h2-4,7-8,17,19-20,25H,5-6,9-16H2,1H3,(H,29,30). The van der Waals surface area contributed by atoms with Crippen LogP contribution in [0.15, 0.2) is 30.3 Å². The van der Waals surface area contributed by atoms with E-state index in [4.69, 9.17) is 4.74 Å². The number of aliphatic carboxylic acids is 1. The van der Waals surface area contributed by atoms with Crippen LogP contribution < -0.4 is 5.32 Å². The van der Waals surface area contributed by atoms with Gasteiger partial charge in [-0.15, -0.1) is 33.6 Å². The first-order valence-corrected chi connectivity index (χ1v) is 14.2. The molecule has 2 saturated heterocycles. The van der Waals surface area contributed by atoms with Crippen LogP contribution in [-0.4, -0.2) is 86.4 Å². The molecular weight excluding hydrogens is 522 g/mol. The van der Waals surface area contributed by atoms with E-state index < -0.39 is 35.2 Å². The minimum atomic E-state index is -1.03. The maximum absolute atomic E-state index is 13.5. The maximum atomic E-state index is 13.5. The number of ether oxygens (including phenoxy) is 1. The molecule has 2 N–H and O–H groups in total. The molecule has 1 spiro atoms. The first-order valence-electron chi connectivity index (χ1n) is 12.3. The van der Waals surface area contributed by atoms with Gasteiger partial charge in [0.15, 0.2) is 0 Å². The number of carboxylic acid groups (broad SMARTS) is 1. The van der Waals surface area contributed by atoms with Crippen LogP contribution in [0.3, 0.4) is 0 Å². The molecule has 3 unspecified atom stereocenters. The predicted molar refractivity (Wildman–Crippen MR) is 140 cm³/mol. The lowest BCUT2D eigenvalue weighted by Crippen LogP contribution is -2.53. The average molecular weight is 556 g/mol. The van der Waals surface area contributed by atoms with E-state index in [0.29, 0.717) is 38.6 Å². The molecule has 2 aliphatic rings. The summed E-state index contributed by atoms with van der Waals surface area (Å²) in [7, 11) is 0. The summed E-state index contributed by atoms with van der Waals surface area (Å²) in [5, 5.41) is 22.0. The number of rotatable bonds is 14. The van der Waals surface area contributed by atoms with Crippen LogP contribution in [0, 0.1) is 10.1 Å². The zero-order valence-electron chi connectivity index (χ0n) is 20.7. The third-order valence-corrected chi connectivity index (χ3v) is 9.75. The second-order valence-corrected chi connectivity index (χ2v) is 12.2. The highest BCUT2D eigenvalue weighted by Gasteiger charge is 2.52. The Labute approximate surface area is 224 Å². The summed E-state index contributed by atoms with van der Waals surface area (Å²) in [5.41, 5.74) is 1.01. The van der Waals surface area contributed by atoms with Crippen LogP contribution in [-0.2, 0) is 30.4 Å². The van der Waals surface area contributed by atoms with Crippen molar-refractivity contribution in [2.24, 2.45) is 0 Å². The number of hydrogen-bond acceptors (Lipinski definition) is 10. The second kappa shape index (κ2) is 13.9. The molecule has 37 heavy (non-hydrogen) atoms. The number of thioether (sulfide) groups is 2. The van der Waals surface area contributed by atoms with Gasteiger partial charge in [0, 0.05) is 24.5 Å². The van der Waals surface area contributed by atoms with Crippen molar-refractivity contribution in [2.75, 3.05) is 31.3 Å². The minimum Gasteiger partial charge on any atom is -0.480 e. The summed E-state index contributed by atoms with van der Waals surface area (Å²) >= 11 is 3.47. The first kappa shape index (κ1) is 29.1. The number of amides is 1. The van der Waals surface area contributed by atoms with Crippen molar-refractivity contribution in [1.82, 2.24) is 10.2 Å². The van der Waals surface area contributed by atoms with Crippen molar-refractivity contribution >= 4 is 41.4 Å². The Morgan fingerprint density at radius 3 is 2.54 bits per heavy atom. The largest absolute Gasteiger partial charge is 0.480 e. The Bertz CT molecular complexity index is 945. The number of unbranched alkanes of at least 4 members (excludes halogenated alkanes) is 1. The summed E-state index contributed by atoms with van der Waals surface area (Å²) in [6.07, 6.45) is 2.08. The van der Waals surface area contributed by atoms with E-state index in [-0.39, 0.29) is 23.2 Å². The van der Waals surface area contributed by atoms with E-state index in [0.717, 1.165) is 17.1 Å². The van der Waals surface area contributed by atoms with Gasteiger partial charge in [-0.25, -0.2) is 4.79 Å². The highest BCUT2D eigenvalue weighted by atomic mass is 32.2. The molecule has 13 heteroatoms. The molecule has 0 aromatic heterocycles. The Kier molecular flexibility index (Phi) is 10.9. The van der Waals surface area contributed by atoms with Crippen molar-refractivity contribution in [3.8, 4) is 0 Å². The number of benzene rings is 1. The summed E-state index contributed by atoms with van der Waals surface area (Å²) in [4.78, 5) is 54.3. The van der Waals surface area contributed by atoms with Gasteiger partial charge >= 0.3 is 11.9 Å². The lowest BCUT2D eigenvalue weighted by atomic mass is 10.0. The van der Waals surface area contributed by atoms with E-state index >= 15 is 0 Å². The number of likely N-dealkylation sites (tertiary alicyclic amines) is 1. The number of nitrogens with zero attached hydrogens (tertiary/aromatic N) is 2. The zero-order chi connectivity index (χ0) is 26.8. The Morgan fingerprint density at radius 1 is 1.22 bits per heavy atom. The van der Waals surface area contributed by atoms with Gasteiger partial charge < -0.3 is 19.6 Å². The lowest BCUT2D eigenvalue weighted by molar-refractivity contribution is -0.757. The fraction of sp³-hybridized carbons (Fsp3) is 0.625. The molecule has 1 aromatic carbocycles. The van der Waals surface area contributed by atoms with Crippen molar-refractivity contribution in [3.63, 3.8) is 0 Å². The molecule has 1 aromatic rings. The van der Waals surface area contributed by atoms with Crippen LogP contribution in [0.5, 0.6) is 0 Å². The minimum absolute atomic E-state index is 0.0695. The molecule has 11 nitrogen and oxygen atoms in total. The van der Waals surface area contributed by atoms with Gasteiger partial charge in [0.2, 0.25) is 5.91 Å². The van der Waals surface area contributed by atoms with Crippen molar-refractivity contribution in [1.29, 1.82) is 0 Å². The SMILES string of the molecule is CC(NC(CCc1ccccc1)C(=O)O)C(=O)N1CC2(CC1C(=O)OCCCCO[N+](=O)[O-])SCCS2. The maximum Gasteiger partial charge on any atom is 0.328 e. The van der Waals surface area contributed by atoms with Crippen LogP contribution >= 0.6 is 23.5 Å². The van der Waals surface area contributed by atoms with Crippen LogP contribution in [0.2, 0.25) is 0 Å². The third kappa shape index (κ3) is 8.50. The Hall–Kier alpha value is -2.51. The normalized spacial score (nSPS) is 19.9. The molecule has 2 heterocycles. The molecule has 2 fully saturated rings. The number of carboxylic acids is 1. The van der Waals surface area contributed by atoms with E-state index in [1.807, 2.05) is 30.3 Å². The van der Waals surface area contributed by atoms with Crippen LogP contribution in [0.4, 0.5) is 0 Å². The molecule has 0 bridgehead atoms. The average Bonchev–Trinajstić information content (AvgIpc) is 3.50. The monoisotopic (exact) mass is 555 g/mol. The van der Waals surface area contributed by atoms with Gasteiger partial charge in [-0.3, -0.25) is 14.9 Å². The van der Waals surface area contributed by atoms with Gasteiger partial charge in [0.05, 0.1) is 23.3 Å². The Morgan fingerprint density at radius 2 is 1.89 bits per heavy atom. The predicted octanol–water partition coefficient (Wildman–Crippen LogP) is 2.36. The smallest absolute Gasteiger partial charge is 0.328 e. The molecule has 0 aliphatic carbocycles. The quantitative estimate of drug-likeness (QED) is 0.151. The highest BCUT2D eigenvalue weighted by Crippen LogP contribution is 2.52. The molecule has 3 rings (SSSR count). The summed E-state index contributed by atoms with van der Waals surface area (Å²) in [6, 6.07) is 7.05. The van der Waals surface area contributed by atoms with E-state index in [9.17, 15) is 29.6 Å². The van der Waals surface area contributed by atoms with Gasteiger partial charge in [0.25, 0.3) is 5.09 Å². The molecular formula is C24H33N3O8S2. The number of hydrogen-bond donors (Lipinski definition) is 2. The molecule has 2 aliphatic heterocycles. The fourth-order valence-electron chi connectivity index (χ4n) is 4.46.